The van der Waals surface area contributed by atoms with Crippen LogP contribution in [0.3, 0.4) is 0 Å². The van der Waals surface area contributed by atoms with E-state index in [9.17, 15) is 31.2 Å². The second kappa shape index (κ2) is 12.9. The molecule has 0 aliphatic rings. The zero-order chi connectivity index (χ0) is 27.8. The number of amides is 2. The van der Waals surface area contributed by atoms with Gasteiger partial charge in [-0.25, -0.2) is 8.42 Å². The molecule has 37 heavy (non-hydrogen) atoms. The molecule has 0 fully saturated rings. The molecule has 0 saturated carbocycles. The molecule has 0 radical (unpaired) electrons. The summed E-state index contributed by atoms with van der Waals surface area (Å²) in [6.07, 6.45) is -3.03. The molecule has 0 saturated heterocycles. The van der Waals surface area contributed by atoms with Gasteiger partial charge in [0.1, 0.15) is 6.04 Å². The minimum Gasteiger partial charge on any atom is -0.354 e. The average molecular weight is 542 g/mol. The summed E-state index contributed by atoms with van der Waals surface area (Å²) >= 11 is 0. The lowest BCUT2D eigenvalue weighted by atomic mass is 10.1. The van der Waals surface area contributed by atoms with E-state index in [1.54, 1.807) is 6.92 Å². The fourth-order valence-corrected chi connectivity index (χ4v) is 4.78. The highest BCUT2D eigenvalue weighted by molar-refractivity contribution is 7.92. The van der Waals surface area contributed by atoms with Crippen molar-refractivity contribution in [2.75, 3.05) is 23.7 Å². The van der Waals surface area contributed by atoms with Crippen molar-refractivity contribution in [3.05, 3.63) is 65.2 Å². The summed E-state index contributed by atoms with van der Waals surface area (Å²) in [6.45, 7) is 5.92. The second-order valence-electron chi connectivity index (χ2n) is 8.96. The van der Waals surface area contributed by atoms with Crippen molar-refractivity contribution in [3.8, 4) is 0 Å². The van der Waals surface area contributed by atoms with Crippen molar-refractivity contribution >= 4 is 27.5 Å². The van der Waals surface area contributed by atoms with Gasteiger partial charge in [0.2, 0.25) is 21.8 Å². The highest BCUT2D eigenvalue weighted by atomic mass is 32.2. The third kappa shape index (κ3) is 9.07. The first-order chi connectivity index (χ1) is 17.2. The van der Waals surface area contributed by atoms with Crippen LogP contribution in [0.25, 0.3) is 0 Å². The van der Waals surface area contributed by atoms with E-state index in [0.29, 0.717) is 6.54 Å². The molecule has 2 aromatic carbocycles. The summed E-state index contributed by atoms with van der Waals surface area (Å²) in [5.74, 6) is -0.664. The predicted octanol–water partition coefficient (Wildman–Crippen LogP) is 4.50. The van der Waals surface area contributed by atoms with Gasteiger partial charge in [-0.1, -0.05) is 42.8 Å². The van der Waals surface area contributed by atoms with Gasteiger partial charge in [0.15, 0.2) is 0 Å². The maximum Gasteiger partial charge on any atom is 0.416 e. The predicted molar refractivity (Wildman–Crippen MR) is 137 cm³/mol. The van der Waals surface area contributed by atoms with Gasteiger partial charge in [-0.3, -0.25) is 13.9 Å². The smallest absolute Gasteiger partial charge is 0.354 e. The lowest BCUT2D eigenvalue weighted by molar-refractivity contribution is -0.140. The van der Waals surface area contributed by atoms with Gasteiger partial charge in [0.05, 0.1) is 17.5 Å². The summed E-state index contributed by atoms with van der Waals surface area (Å²) in [4.78, 5) is 27.3. The number of benzene rings is 2. The Morgan fingerprint density at radius 1 is 1.08 bits per heavy atom. The third-order valence-corrected chi connectivity index (χ3v) is 6.96. The Morgan fingerprint density at radius 2 is 1.76 bits per heavy atom. The Bertz CT molecular complexity index is 1190. The summed E-state index contributed by atoms with van der Waals surface area (Å²) in [6, 6.07) is 10.8. The largest absolute Gasteiger partial charge is 0.416 e. The van der Waals surface area contributed by atoms with Crippen molar-refractivity contribution in [2.45, 2.75) is 58.8 Å². The lowest BCUT2D eigenvalue weighted by Crippen LogP contribution is -2.47. The zero-order valence-corrected chi connectivity index (χ0v) is 22.3. The number of halogens is 3. The van der Waals surface area contributed by atoms with Crippen LogP contribution >= 0.6 is 0 Å². The van der Waals surface area contributed by atoms with Gasteiger partial charge in [0, 0.05) is 26.1 Å². The standard InChI is InChI=1S/C26H34F3N3O4S/c1-5-14-30-25(34)20(3)31(18-21-10-6-9-19(2)16-21)24(33)13-8-15-32(37(4,35)36)23-12-7-11-22(17-23)26(27,28)29/h6-7,9-12,16-17,20H,5,8,13-15,18H2,1-4H3,(H,30,34). The van der Waals surface area contributed by atoms with Crippen LogP contribution in [0.5, 0.6) is 0 Å². The molecule has 0 aliphatic heterocycles. The van der Waals surface area contributed by atoms with E-state index in [4.69, 9.17) is 0 Å². The van der Waals surface area contributed by atoms with Crippen molar-refractivity contribution in [1.29, 1.82) is 0 Å². The number of hydrogen-bond acceptors (Lipinski definition) is 4. The number of alkyl halides is 3. The summed E-state index contributed by atoms with van der Waals surface area (Å²) in [5, 5.41) is 2.79. The second-order valence-corrected chi connectivity index (χ2v) is 10.9. The molecular formula is C26H34F3N3O4S. The first kappa shape index (κ1) is 30.1. The van der Waals surface area contributed by atoms with Crippen LogP contribution < -0.4 is 9.62 Å². The topological polar surface area (TPSA) is 86.8 Å². The molecule has 2 rings (SSSR count). The Labute approximate surface area is 216 Å². The molecular weight excluding hydrogens is 507 g/mol. The van der Waals surface area contributed by atoms with Crippen LogP contribution in [-0.4, -0.2) is 50.5 Å². The van der Waals surface area contributed by atoms with E-state index in [1.807, 2.05) is 38.1 Å². The maximum absolute atomic E-state index is 13.2. The van der Waals surface area contributed by atoms with Crippen LogP contribution in [0.15, 0.2) is 48.5 Å². The number of nitrogens with zero attached hydrogens (tertiary/aromatic N) is 2. The van der Waals surface area contributed by atoms with E-state index in [2.05, 4.69) is 5.32 Å². The normalized spacial score (nSPS) is 12.6. The molecule has 2 aromatic rings. The summed E-state index contributed by atoms with van der Waals surface area (Å²) < 4.78 is 65.0. The van der Waals surface area contributed by atoms with E-state index in [1.165, 1.54) is 11.0 Å². The van der Waals surface area contributed by atoms with E-state index >= 15 is 0 Å². The Hall–Kier alpha value is -3.08. The van der Waals surface area contributed by atoms with Gasteiger partial charge >= 0.3 is 6.18 Å². The number of rotatable bonds is 12. The zero-order valence-electron chi connectivity index (χ0n) is 21.5. The van der Waals surface area contributed by atoms with Crippen molar-refractivity contribution in [1.82, 2.24) is 10.2 Å². The molecule has 0 aliphatic carbocycles. The number of anilines is 1. The average Bonchev–Trinajstić information content (AvgIpc) is 2.82. The number of hydrogen-bond donors (Lipinski definition) is 1. The number of sulfonamides is 1. The fourth-order valence-electron chi connectivity index (χ4n) is 3.83. The minimum absolute atomic E-state index is 0.0514. The molecule has 1 N–H and O–H groups in total. The van der Waals surface area contributed by atoms with E-state index in [-0.39, 0.29) is 43.4 Å². The molecule has 1 unspecified atom stereocenters. The van der Waals surface area contributed by atoms with Crippen molar-refractivity contribution < 1.29 is 31.2 Å². The van der Waals surface area contributed by atoms with Crippen LogP contribution in [0.1, 0.15) is 49.8 Å². The number of aryl methyl sites for hydroxylation is 1. The molecule has 204 valence electrons. The molecule has 0 aromatic heterocycles. The first-order valence-corrected chi connectivity index (χ1v) is 13.9. The molecule has 7 nitrogen and oxygen atoms in total. The van der Waals surface area contributed by atoms with Crippen LogP contribution in [0, 0.1) is 6.92 Å². The first-order valence-electron chi connectivity index (χ1n) is 12.0. The lowest BCUT2D eigenvalue weighted by Gasteiger charge is -2.29. The molecule has 1 atom stereocenters. The van der Waals surface area contributed by atoms with Crippen LogP contribution in [0.4, 0.5) is 18.9 Å². The maximum atomic E-state index is 13.2. The summed E-state index contributed by atoms with van der Waals surface area (Å²) in [7, 11) is -3.91. The van der Waals surface area contributed by atoms with E-state index < -0.39 is 27.8 Å². The van der Waals surface area contributed by atoms with Crippen LogP contribution in [0.2, 0.25) is 0 Å². The summed E-state index contributed by atoms with van der Waals surface area (Å²) in [5.41, 5.74) is 0.739. The Kier molecular flexibility index (Phi) is 10.5. The van der Waals surface area contributed by atoms with Gasteiger partial charge in [0.25, 0.3) is 0 Å². The number of carbonyl (C=O) groups excluding carboxylic acids is 2. The quantitative estimate of drug-likeness (QED) is 0.429. The SMILES string of the molecule is CCCNC(=O)C(C)N(Cc1cccc(C)c1)C(=O)CCCN(c1cccc(C(F)(F)F)c1)S(C)(=O)=O. The fraction of sp³-hybridized carbons (Fsp3) is 0.462. The third-order valence-electron chi connectivity index (χ3n) is 5.77. The van der Waals surface area contributed by atoms with Gasteiger partial charge in [-0.2, -0.15) is 13.2 Å². The minimum atomic E-state index is -4.63. The molecule has 2 amide bonds. The molecule has 0 heterocycles. The Morgan fingerprint density at radius 3 is 2.35 bits per heavy atom. The molecule has 0 spiro atoms. The highest BCUT2D eigenvalue weighted by Crippen LogP contribution is 2.32. The Balaban J connectivity index is 2.20. The highest BCUT2D eigenvalue weighted by Gasteiger charge is 2.32. The molecule has 11 heteroatoms. The van der Waals surface area contributed by atoms with Gasteiger partial charge in [-0.05, 0) is 50.5 Å². The number of nitrogens with one attached hydrogen (secondary N) is 1. The van der Waals surface area contributed by atoms with Crippen molar-refractivity contribution in [3.63, 3.8) is 0 Å². The number of carbonyl (C=O) groups is 2. The van der Waals surface area contributed by atoms with Gasteiger partial charge in [-0.15, -0.1) is 0 Å². The molecule has 0 bridgehead atoms. The van der Waals surface area contributed by atoms with Gasteiger partial charge < -0.3 is 10.2 Å². The van der Waals surface area contributed by atoms with Crippen molar-refractivity contribution in [2.24, 2.45) is 0 Å². The monoisotopic (exact) mass is 541 g/mol. The van der Waals surface area contributed by atoms with E-state index in [0.717, 1.165) is 46.3 Å². The van der Waals surface area contributed by atoms with Crippen LogP contribution in [-0.2, 0) is 32.3 Å².